The number of para-hydroxylation sites is 1. The molecule has 1 heterocycles. The quantitative estimate of drug-likeness (QED) is 0.267. The second-order valence-corrected chi connectivity index (χ2v) is 8.35. The second-order valence-electron chi connectivity index (χ2n) is 6.06. The highest BCUT2D eigenvalue weighted by atomic mass is 32.2. The number of anilines is 1. The fourth-order valence-electron chi connectivity index (χ4n) is 2.78. The lowest BCUT2D eigenvalue weighted by molar-refractivity contribution is -0.497. The lowest BCUT2D eigenvalue weighted by Crippen LogP contribution is -2.48. The summed E-state index contributed by atoms with van der Waals surface area (Å²) < 4.78 is 14.9. The smallest absolute Gasteiger partial charge is 0.258 e. The zero-order chi connectivity index (χ0) is 17.3. The van der Waals surface area contributed by atoms with E-state index in [0.717, 1.165) is 10.4 Å². The van der Waals surface area contributed by atoms with E-state index in [1.807, 2.05) is 49.1 Å². The molecule has 1 fully saturated rings. The molecule has 1 aliphatic rings. The van der Waals surface area contributed by atoms with E-state index in [1.165, 1.54) is 24.0 Å². The normalized spacial score (nSPS) is 20.5. The van der Waals surface area contributed by atoms with Gasteiger partial charge in [-0.2, -0.15) is 4.74 Å². The third-order valence-corrected chi connectivity index (χ3v) is 5.42. The van der Waals surface area contributed by atoms with Gasteiger partial charge >= 0.3 is 0 Å². The number of thiocarbonyl (C=S) groups is 1. The minimum absolute atomic E-state index is 0.263. The first-order valence-corrected chi connectivity index (χ1v) is 8.75. The van der Waals surface area contributed by atoms with Crippen LogP contribution in [-0.4, -0.2) is 26.2 Å². The van der Waals surface area contributed by atoms with Gasteiger partial charge in [0.2, 0.25) is 0 Å². The molecular formula is C18H17FN2OS2. The van der Waals surface area contributed by atoms with Crippen LogP contribution in [0, 0.1) is 11.0 Å². The number of hydroxylamine groups is 1. The predicted molar refractivity (Wildman–Crippen MR) is 102 cm³/mol. The number of halogens is 1. The maximum absolute atomic E-state index is 13.9. The van der Waals surface area contributed by atoms with Gasteiger partial charge in [-0.15, -0.1) is 0 Å². The van der Waals surface area contributed by atoms with Crippen LogP contribution in [0.4, 0.5) is 10.1 Å². The Kier molecular flexibility index (Phi) is 4.60. The Morgan fingerprint density at radius 2 is 1.79 bits per heavy atom. The van der Waals surface area contributed by atoms with Crippen molar-refractivity contribution in [3.63, 3.8) is 0 Å². The fourth-order valence-corrected chi connectivity index (χ4v) is 4.70. The van der Waals surface area contributed by atoms with Crippen molar-refractivity contribution in [3.05, 3.63) is 71.2 Å². The SMILES string of the molecule is CC1(C)SC(=S)N(c2ccccc2)[C@@H]1[N+]([O-])=Cc1ccccc1F. The van der Waals surface area contributed by atoms with E-state index >= 15 is 0 Å². The van der Waals surface area contributed by atoms with Crippen LogP contribution in [-0.2, 0) is 0 Å². The molecule has 3 rings (SSSR count). The van der Waals surface area contributed by atoms with Gasteiger partial charge in [0.25, 0.3) is 6.17 Å². The van der Waals surface area contributed by atoms with Gasteiger partial charge in [0.1, 0.15) is 14.9 Å². The summed E-state index contributed by atoms with van der Waals surface area (Å²) in [7, 11) is 0. The molecule has 1 atom stereocenters. The molecule has 0 spiro atoms. The maximum Gasteiger partial charge on any atom is 0.258 e. The average molecular weight is 360 g/mol. The summed E-state index contributed by atoms with van der Waals surface area (Å²) in [6.45, 7) is 3.94. The van der Waals surface area contributed by atoms with Crippen LogP contribution in [0.1, 0.15) is 19.4 Å². The van der Waals surface area contributed by atoms with E-state index in [1.54, 1.807) is 18.2 Å². The molecular weight excluding hydrogens is 343 g/mol. The summed E-state index contributed by atoms with van der Waals surface area (Å²) in [6, 6.07) is 15.8. The molecule has 1 aliphatic heterocycles. The molecule has 2 aromatic carbocycles. The van der Waals surface area contributed by atoms with Gasteiger partial charge in [0, 0.05) is 5.69 Å². The highest BCUT2D eigenvalue weighted by Gasteiger charge is 2.51. The van der Waals surface area contributed by atoms with Gasteiger partial charge < -0.3 is 5.21 Å². The van der Waals surface area contributed by atoms with E-state index in [9.17, 15) is 9.60 Å². The Morgan fingerprint density at radius 3 is 2.46 bits per heavy atom. The van der Waals surface area contributed by atoms with E-state index in [2.05, 4.69) is 0 Å². The Bertz CT molecular complexity index is 793. The van der Waals surface area contributed by atoms with Crippen molar-refractivity contribution in [2.24, 2.45) is 0 Å². The van der Waals surface area contributed by atoms with Gasteiger partial charge in [0.05, 0.1) is 5.56 Å². The molecule has 24 heavy (non-hydrogen) atoms. The lowest BCUT2D eigenvalue weighted by Gasteiger charge is -2.29. The first-order valence-electron chi connectivity index (χ1n) is 7.52. The Morgan fingerprint density at radius 1 is 1.17 bits per heavy atom. The molecule has 0 unspecified atom stereocenters. The fraction of sp³-hybridized carbons (Fsp3) is 0.222. The zero-order valence-corrected chi connectivity index (χ0v) is 15.0. The van der Waals surface area contributed by atoms with Crippen LogP contribution in [0.3, 0.4) is 0 Å². The van der Waals surface area contributed by atoms with Crippen molar-refractivity contribution in [2.75, 3.05) is 4.90 Å². The van der Waals surface area contributed by atoms with Crippen molar-refractivity contribution < 1.29 is 9.13 Å². The van der Waals surface area contributed by atoms with Crippen molar-refractivity contribution in [1.29, 1.82) is 0 Å². The third kappa shape index (κ3) is 3.16. The lowest BCUT2D eigenvalue weighted by atomic mass is 10.1. The molecule has 1 saturated heterocycles. The van der Waals surface area contributed by atoms with Crippen LogP contribution < -0.4 is 4.90 Å². The van der Waals surface area contributed by atoms with E-state index < -0.39 is 16.7 Å². The van der Waals surface area contributed by atoms with E-state index in [0.29, 0.717) is 4.32 Å². The van der Waals surface area contributed by atoms with Crippen LogP contribution >= 0.6 is 24.0 Å². The van der Waals surface area contributed by atoms with Crippen molar-refractivity contribution in [1.82, 2.24) is 0 Å². The van der Waals surface area contributed by atoms with E-state index in [4.69, 9.17) is 12.2 Å². The summed E-state index contributed by atoms with van der Waals surface area (Å²) >= 11 is 6.97. The number of hydrogen-bond acceptors (Lipinski definition) is 3. The second kappa shape index (κ2) is 6.53. The van der Waals surface area contributed by atoms with Crippen molar-refractivity contribution in [3.8, 4) is 0 Å². The van der Waals surface area contributed by atoms with Gasteiger partial charge in [-0.1, -0.05) is 54.3 Å². The first kappa shape index (κ1) is 16.9. The molecule has 2 aromatic rings. The summed E-state index contributed by atoms with van der Waals surface area (Å²) in [5.74, 6) is -0.421. The maximum atomic E-state index is 13.9. The zero-order valence-electron chi connectivity index (χ0n) is 13.3. The molecule has 0 aliphatic carbocycles. The Hall–Kier alpha value is -1.92. The van der Waals surface area contributed by atoms with Gasteiger partial charge in [-0.3, -0.25) is 4.90 Å². The standard InChI is InChI=1S/C18H17FN2OS2/c1-18(2)16(20(22)12-13-8-6-7-11-15(13)19)21(17(23)24-18)14-9-4-3-5-10-14/h3-12,16H,1-2H3/t16-/m0/s1. The Labute approximate surface area is 150 Å². The first-order chi connectivity index (χ1) is 11.4. The number of hydrogen-bond donors (Lipinski definition) is 0. The van der Waals surface area contributed by atoms with Crippen molar-refractivity contribution in [2.45, 2.75) is 24.8 Å². The summed E-state index contributed by atoms with van der Waals surface area (Å²) in [5.41, 5.74) is 1.12. The highest BCUT2D eigenvalue weighted by Crippen LogP contribution is 2.43. The summed E-state index contributed by atoms with van der Waals surface area (Å²) in [5, 5.41) is 12.9. The summed E-state index contributed by atoms with van der Waals surface area (Å²) in [6.07, 6.45) is 0.739. The predicted octanol–water partition coefficient (Wildman–Crippen LogP) is 4.40. The molecule has 0 N–H and O–H groups in total. The molecule has 3 nitrogen and oxygen atoms in total. The molecule has 0 amide bonds. The van der Waals surface area contributed by atoms with Crippen molar-refractivity contribution >= 4 is 40.2 Å². The van der Waals surface area contributed by atoms with Gasteiger partial charge in [0.15, 0.2) is 6.21 Å². The van der Waals surface area contributed by atoms with E-state index in [-0.39, 0.29) is 5.56 Å². The molecule has 6 heteroatoms. The monoisotopic (exact) mass is 360 g/mol. The molecule has 0 bridgehead atoms. The number of thioether (sulfide) groups is 1. The van der Waals surface area contributed by atoms with Crippen LogP contribution in [0.5, 0.6) is 0 Å². The third-order valence-electron chi connectivity index (χ3n) is 3.86. The minimum Gasteiger partial charge on any atom is -0.622 e. The van der Waals surface area contributed by atoms with Gasteiger partial charge in [-0.25, -0.2) is 4.39 Å². The Balaban J connectivity index is 2.05. The molecule has 124 valence electrons. The molecule has 0 radical (unpaired) electrons. The topological polar surface area (TPSA) is 29.3 Å². The number of nitrogens with zero attached hydrogens (tertiary/aromatic N) is 2. The number of benzene rings is 2. The molecule has 0 saturated carbocycles. The van der Waals surface area contributed by atoms with Crippen LogP contribution in [0.2, 0.25) is 0 Å². The van der Waals surface area contributed by atoms with Gasteiger partial charge in [-0.05, 0) is 38.1 Å². The number of rotatable bonds is 3. The van der Waals surface area contributed by atoms with Crippen LogP contribution in [0.15, 0.2) is 54.6 Å². The average Bonchev–Trinajstić information content (AvgIpc) is 2.79. The van der Waals surface area contributed by atoms with Crippen LogP contribution in [0.25, 0.3) is 0 Å². The highest BCUT2D eigenvalue weighted by molar-refractivity contribution is 8.24. The molecule has 0 aromatic heterocycles. The minimum atomic E-state index is -0.558. The summed E-state index contributed by atoms with van der Waals surface area (Å²) in [4.78, 5) is 1.84. The largest absolute Gasteiger partial charge is 0.622 e.